The molecule has 0 radical (unpaired) electrons. The Morgan fingerprint density at radius 3 is 2.61 bits per heavy atom. The third kappa shape index (κ3) is 5.58. The average Bonchev–Trinajstić information content (AvgIpc) is 2.37. The molecule has 102 valence electrons. The fraction of sp³-hybridized carbons (Fsp3) is 0.733. The number of unbranched alkanes of at least 4 members (excludes halogenated alkanes) is 4. The van der Waals surface area contributed by atoms with Crippen molar-refractivity contribution in [2.24, 2.45) is 0 Å². The Morgan fingerprint density at radius 2 is 1.94 bits per heavy atom. The van der Waals surface area contributed by atoms with Crippen molar-refractivity contribution in [1.82, 2.24) is 15.3 Å². The lowest BCUT2D eigenvalue weighted by Crippen LogP contribution is -2.22. The first-order valence-electron chi connectivity index (χ1n) is 7.30. The molecule has 3 nitrogen and oxygen atoms in total. The smallest absolute Gasteiger partial charge is 0.125 e. The van der Waals surface area contributed by atoms with Crippen LogP contribution in [0.4, 0.5) is 0 Å². The number of aryl methyl sites for hydroxylation is 1. The van der Waals surface area contributed by atoms with Crippen molar-refractivity contribution >= 4 is 0 Å². The molecule has 0 aromatic carbocycles. The fourth-order valence-corrected chi connectivity index (χ4v) is 2.22. The Bertz CT molecular complexity index is 325. The molecule has 1 aromatic rings. The zero-order valence-corrected chi connectivity index (χ0v) is 12.1. The Kier molecular flexibility index (Phi) is 7.58. The van der Waals surface area contributed by atoms with Crippen molar-refractivity contribution in [1.29, 1.82) is 0 Å². The highest BCUT2D eigenvalue weighted by Gasteiger charge is 2.11. The second kappa shape index (κ2) is 9.03. The highest BCUT2D eigenvalue weighted by Crippen LogP contribution is 2.18. The molecule has 0 fully saturated rings. The van der Waals surface area contributed by atoms with E-state index in [-0.39, 0.29) is 0 Å². The predicted molar refractivity (Wildman–Crippen MR) is 76.6 cm³/mol. The van der Waals surface area contributed by atoms with Crippen LogP contribution in [-0.4, -0.2) is 16.5 Å². The molecule has 0 saturated heterocycles. The van der Waals surface area contributed by atoms with Gasteiger partial charge in [-0.1, -0.05) is 46.0 Å². The molecule has 1 atom stereocenters. The van der Waals surface area contributed by atoms with E-state index in [9.17, 15) is 0 Å². The maximum atomic E-state index is 4.53. The minimum absolute atomic E-state index is 0.387. The zero-order chi connectivity index (χ0) is 13.2. The van der Waals surface area contributed by atoms with Crippen LogP contribution < -0.4 is 5.32 Å². The summed E-state index contributed by atoms with van der Waals surface area (Å²) in [6.07, 6.45) is 9.67. The van der Waals surface area contributed by atoms with Gasteiger partial charge >= 0.3 is 0 Å². The van der Waals surface area contributed by atoms with Crippen LogP contribution in [0.3, 0.4) is 0 Å². The first-order chi connectivity index (χ1) is 8.77. The molecule has 0 saturated carbocycles. The fourth-order valence-electron chi connectivity index (χ4n) is 2.22. The summed E-state index contributed by atoms with van der Waals surface area (Å²) in [4.78, 5) is 8.70. The molecule has 3 heteroatoms. The third-order valence-electron chi connectivity index (χ3n) is 3.20. The highest BCUT2D eigenvalue weighted by molar-refractivity contribution is 5.07. The van der Waals surface area contributed by atoms with Crippen LogP contribution in [0.25, 0.3) is 0 Å². The summed E-state index contributed by atoms with van der Waals surface area (Å²) < 4.78 is 0. The summed E-state index contributed by atoms with van der Waals surface area (Å²) >= 11 is 0. The van der Waals surface area contributed by atoms with Gasteiger partial charge < -0.3 is 5.32 Å². The van der Waals surface area contributed by atoms with Crippen LogP contribution in [0.5, 0.6) is 0 Å². The van der Waals surface area contributed by atoms with Crippen molar-refractivity contribution in [2.45, 2.75) is 65.3 Å². The third-order valence-corrected chi connectivity index (χ3v) is 3.20. The van der Waals surface area contributed by atoms with Gasteiger partial charge in [0.1, 0.15) is 5.82 Å². The summed E-state index contributed by atoms with van der Waals surface area (Å²) in [7, 11) is 0. The van der Waals surface area contributed by atoms with Crippen molar-refractivity contribution in [3.8, 4) is 0 Å². The molecule has 0 aliphatic rings. The van der Waals surface area contributed by atoms with Gasteiger partial charge in [0.05, 0.1) is 5.69 Å². The maximum absolute atomic E-state index is 4.53. The predicted octanol–water partition coefficient (Wildman–Crippen LogP) is 3.80. The molecule has 1 aromatic heterocycles. The number of hydrogen-bond acceptors (Lipinski definition) is 3. The molecule has 0 bridgehead atoms. The van der Waals surface area contributed by atoms with E-state index in [4.69, 9.17) is 0 Å². The SMILES string of the molecule is CCCCCCCC(NCC)c1ccnc(C)n1. The first-order valence-corrected chi connectivity index (χ1v) is 7.30. The van der Waals surface area contributed by atoms with Gasteiger partial charge in [0.25, 0.3) is 0 Å². The summed E-state index contributed by atoms with van der Waals surface area (Å²) in [6.45, 7) is 7.35. The van der Waals surface area contributed by atoms with E-state index in [1.165, 1.54) is 38.5 Å². The van der Waals surface area contributed by atoms with Gasteiger partial charge in [-0.2, -0.15) is 0 Å². The Hall–Kier alpha value is -0.960. The van der Waals surface area contributed by atoms with E-state index in [0.29, 0.717) is 6.04 Å². The number of nitrogens with zero attached hydrogens (tertiary/aromatic N) is 2. The van der Waals surface area contributed by atoms with Crippen LogP contribution in [0, 0.1) is 6.92 Å². The molecule has 0 aliphatic carbocycles. The summed E-state index contributed by atoms with van der Waals surface area (Å²) in [5, 5.41) is 3.53. The van der Waals surface area contributed by atoms with Gasteiger partial charge in [0.15, 0.2) is 0 Å². The molecule has 0 aliphatic heterocycles. The van der Waals surface area contributed by atoms with E-state index < -0.39 is 0 Å². The lowest BCUT2D eigenvalue weighted by atomic mass is 10.0. The van der Waals surface area contributed by atoms with Gasteiger partial charge in [-0.3, -0.25) is 0 Å². The molecule has 1 N–H and O–H groups in total. The van der Waals surface area contributed by atoms with Crippen LogP contribution in [0.1, 0.15) is 69.9 Å². The largest absolute Gasteiger partial charge is 0.309 e. The van der Waals surface area contributed by atoms with Crippen molar-refractivity contribution in [3.05, 3.63) is 23.8 Å². The topological polar surface area (TPSA) is 37.8 Å². The molecule has 0 amide bonds. The normalized spacial score (nSPS) is 12.6. The molecule has 1 heterocycles. The molecule has 1 unspecified atom stereocenters. The first kappa shape index (κ1) is 15.1. The van der Waals surface area contributed by atoms with Gasteiger partial charge in [0, 0.05) is 12.2 Å². The molecular weight excluding hydrogens is 222 g/mol. The molecular formula is C15H27N3. The van der Waals surface area contributed by atoms with Crippen LogP contribution >= 0.6 is 0 Å². The number of rotatable bonds is 9. The molecule has 0 spiro atoms. The second-order valence-electron chi connectivity index (χ2n) is 4.84. The Labute approximate surface area is 111 Å². The quantitative estimate of drug-likeness (QED) is 0.676. The number of hydrogen-bond donors (Lipinski definition) is 1. The van der Waals surface area contributed by atoms with E-state index in [1.54, 1.807) is 0 Å². The van der Waals surface area contributed by atoms with Crippen LogP contribution in [0.2, 0.25) is 0 Å². The van der Waals surface area contributed by atoms with Crippen molar-refractivity contribution in [2.75, 3.05) is 6.54 Å². The maximum Gasteiger partial charge on any atom is 0.125 e. The Morgan fingerprint density at radius 1 is 1.17 bits per heavy atom. The second-order valence-corrected chi connectivity index (χ2v) is 4.84. The number of aromatic nitrogens is 2. The van der Waals surface area contributed by atoms with Crippen LogP contribution in [-0.2, 0) is 0 Å². The highest BCUT2D eigenvalue weighted by atomic mass is 15.0. The van der Waals surface area contributed by atoms with Crippen molar-refractivity contribution in [3.63, 3.8) is 0 Å². The minimum atomic E-state index is 0.387. The average molecular weight is 249 g/mol. The monoisotopic (exact) mass is 249 g/mol. The van der Waals surface area contributed by atoms with E-state index in [1.807, 2.05) is 19.2 Å². The van der Waals surface area contributed by atoms with Gasteiger partial charge in [-0.05, 0) is 26.0 Å². The zero-order valence-electron chi connectivity index (χ0n) is 12.1. The van der Waals surface area contributed by atoms with Gasteiger partial charge in [-0.15, -0.1) is 0 Å². The summed E-state index contributed by atoms with van der Waals surface area (Å²) in [5.74, 6) is 0.862. The Balaban J connectivity index is 2.44. The van der Waals surface area contributed by atoms with Gasteiger partial charge in [-0.25, -0.2) is 9.97 Å². The lowest BCUT2D eigenvalue weighted by molar-refractivity contribution is 0.468. The molecule has 1 rings (SSSR count). The van der Waals surface area contributed by atoms with Gasteiger partial charge in [0.2, 0.25) is 0 Å². The standard InChI is InChI=1S/C15H27N3/c1-4-6-7-8-9-10-14(16-5-2)15-11-12-17-13(3)18-15/h11-12,14,16H,4-10H2,1-3H3. The lowest BCUT2D eigenvalue weighted by Gasteiger charge is -2.17. The summed E-state index contributed by atoms with van der Waals surface area (Å²) in [6, 6.07) is 2.42. The van der Waals surface area contributed by atoms with Crippen molar-refractivity contribution < 1.29 is 0 Å². The van der Waals surface area contributed by atoms with Crippen LogP contribution in [0.15, 0.2) is 12.3 Å². The number of nitrogens with one attached hydrogen (secondary N) is 1. The van der Waals surface area contributed by atoms with E-state index >= 15 is 0 Å². The van der Waals surface area contributed by atoms with E-state index in [2.05, 4.69) is 29.1 Å². The van der Waals surface area contributed by atoms with E-state index in [0.717, 1.165) is 18.1 Å². The summed E-state index contributed by atoms with van der Waals surface area (Å²) in [5.41, 5.74) is 1.14. The minimum Gasteiger partial charge on any atom is -0.309 e. The molecule has 18 heavy (non-hydrogen) atoms.